The molecule has 1 heterocycles. The zero-order valence-electron chi connectivity index (χ0n) is 16.7. The summed E-state index contributed by atoms with van der Waals surface area (Å²) in [4.78, 5) is 25.2. The average molecular weight is 463 g/mol. The van der Waals surface area contributed by atoms with Gasteiger partial charge in [-0.1, -0.05) is 49.0 Å². The summed E-state index contributed by atoms with van der Waals surface area (Å²) in [6.07, 6.45) is -4.48. The Hall–Kier alpha value is -3.52. The molecule has 0 aliphatic heterocycles. The van der Waals surface area contributed by atoms with Crippen molar-refractivity contribution in [2.45, 2.75) is 19.3 Å². The lowest BCUT2D eigenvalue weighted by Crippen LogP contribution is -2.39. The topological polar surface area (TPSA) is 64.2 Å². The monoisotopic (exact) mass is 462 g/mol. The fraction of sp³-hybridized carbons (Fsp3) is 0.130. The summed E-state index contributed by atoms with van der Waals surface area (Å²) in [6, 6.07) is 11.9. The minimum absolute atomic E-state index is 0.148. The van der Waals surface area contributed by atoms with E-state index in [4.69, 9.17) is 11.6 Å². The van der Waals surface area contributed by atoms with Gasteiger partial charge in [-0.25, -0.2) is 4.79 Å². The van der Waals surface area contributed by atoms with Gasteiger partial charge >= 0.3 is 11.9 Å². The summed E-state index contributed by atoms with van der Waals surface area (Å²) in [5.74, 6) is -0.585. The van der Waals surface area contributed by atoms with Crippen molar-refractivity contribution >= 4 is 22.7 Å². The molecular weight excluding hydrogens is 445 g/mol. The van der Waals surface area contributed by atoms with E-state index in [0.717, 1.165) is 27.3 Å². The van der Waals surface area contributed by atoms with Crippen LogP contribution in [0.1, 0.15) is 16.7 Å². The van der Waals surface area contributed by atoms with Gasteiger partial charge < -0.3 is 5.11 Å². The van der Waals surface area contributed by atoms with Crippen LogP contribution in [0.3, 0.4) is 0 Å². The molecule has 32 heavy (non-hydrogen) atoms. The van der Waals surface area contributed by atoms with Crippen molar-refractivity contribution in [2.75, 3.05) is 0 Å². The van der Waals surface area contributed by atoms with Crippen LogP contribution in [0, 0.1) is 0 Å². The molecule has 0 spiro atoms. The van der Waals surface area contributed by atoms with Crippen LogP contribution < -0.4 is 11.2 Å². The molecule has 0 aliphatic carbocycles. The van der Waals surface area contributed by atoms with Crippen LogP contribution in [0.15, 0.2) is 77.3 Å². The first-order valence-electron chi connectivity index (χ1n) is 9.30. The fourth-order valence-corrected chi connectivity index (χ4v) is 3.26. The van der Waals surface area contributed by atoms with Gasteiger partial charge in [0.25, 0.3) is 5.56 Å². The molecule has 1 aromatic heterocycles. The molecule has 0 saturated heterocycles. The SMILES string of the molecule is C=C(Cn1c(O)cc(=O)n(CC(=C)c2cccc(Cl)c2)c1=O)c1ccc(C(F)(F)F)cc1. The summed E-state index contributed by atoms with van der Waals surface area (Å²) in [5, 5.41) is 10.6. The second kappa shape index (κ2) is 8.92. The summed E-state index contributed by atoms with van der Waals surface area (Å²) >= 11 is 5.97. The molecule has 5 nitrogen and oxygen atoms in total. The van der Waals surface area contributed by atoms with Gasteiger partial charge in [0.1, 0.15) is 0 Å². The number of hydrogen-bond acceptors (Lipinski definition) is 3. The number of hydrogen-bond donors (Lipinski definition) is 1. The molecule has 0 amide bonds. The second-order valence-electron chi connectivity index (χ2n) is 7.09. The number of rotatable bonds is 6. The molecule has 9 heteroatoms. The highest BCUT2D eigenvalue weighted by molar-refractivity contribution is 6.30. The van der Waals surface area contributed by atoms with Gasteiger partial charge in [-0.15, -0.1) is 0 Å². The van der Waals surface area contributed by atoms with E-state index in [2.05, 4.69) is 13.2 Å². The molecule has 2 aromatic carbocycles. The van der Waals surface area contributed by atoms with Crippen LogP contribution in [-0.2, 0) is 19.3 Å². The molecule has 0 atom stereocenters. The third-order valence-corrected chi connectivity index (χ3v) is 5.04. The zero-order chi connectivity index (χ0) is 23.6. The van der Waals surface area contributed by atoms with Crippen LogP contribution in [0.25, 0.3) is 11.1 Å². The molecular formula is C23H18ClF3N2O3. The molecule has 0 saturated carbocycles. The van der Waals surface area contributed by atoms with E-state index in [1.165, 1.54) is 12.1 Å². The average Bonchev–Trinajstić information content (AvgIpc) is 2.73. The molecule has 0 radical (unpaired) electrons. The summed E-state index contributed by atoms with van der Waals surface area (Å²) < 4.78 is 40.1. The van der Waals surface area contributed by atoms with Crippen molar-refractivity contribution in [3.63, 3.8) is 0 Å². The Bertz CT molecular complexity index is 1310. The normalized spacial score (nSPS) is 11.4. The van der Waals surface area contributed by atoms with Crippen LogP contribution >= 0.6 is 11.6 Å². The van der Waals surface area contributed by atoms with Crippen molar-refractivity contribution in [1.29, 1.82) is 0 Å². The number of allylic oxidation sites excluding steroid dienone is 2. The minimum atomic E-state index is -4.48. The third kappa shape index (κ3) is 5.03. The highest BCUT2D eigenvalue weighted by Gasteiger charge is 2.30. The Morgan fingerprint density at radius 1 is 0.906 bits per heavy atom. The zero-order valence-corrected chi connectivity index (χ0v) is 17.5. The first kappa shape index (κ1) is 23.1. The van der Waals surface area contributed by atoms with Crippen molar-refractivity contribution in [2.24, 2.45) is 0 Å². The lowest BCUT2D eigenvalue weighted by Gasteiger charge is -2.15. The Morgan fingerprint density at radius 3 is 2.09 bits per heavy atom. The molecule has 166 valence electrons. The number of halogens is 4. The van der Waals surface area contributed by atoms with E-state index in [-0.39, 0.29) is 18.7 Å². The lowest BCUT2D eigenvalue weighted by molar-refractivity contribution is -0.137. The Kier molecular flexibility index (Phi) is 6.45. The maximum Gasteiger partial charge on any atom is 0.416 e. The van der Waals surface area contributed by atoms with Crippen LogP contribution in [0.4, 0.5) is 13.2 Å². The summed E-state index contributed by atoms with van der Waals surface area (Å²) in [5.41, 5.74) is -0.649. The maximum atomic E-state index is 12.9. The number of benzene rings is 2. The number of alkyl halides is 3. The Balaban J connectivity index is 1.89. The van der Waals surface area contributed by atoms with E-state index >= 15 is 0 Å². The summed E-state index contributed by atoms with van der Waals surface area (Å²) in [6.45, 7) is 7.30. The quantitative estimate of drug-likeness (QED) is 0.571. The third-order valence-electron chi connectivity index (χ3n) is 4.81. The van der Waals surface area contributed by atoms with E-state index in [0.29, 0.717) is 21.7 Å². The molecule has 0 bridgehead atoms. The molecule has 3 aromatic rings. The number of aromatic hydroxyl groups is 1. The van der Waals surface area contributed by atoms with E-state index in [9.17, 15) is 27.9 Å². The first-order chi connectivity index (χ1) is 15.0. The van der Waals surface area contributed by atoms with Gasteiger partial charge in [-0.3, -0.25) is 13.9 Å². The fourth-order valence-electron chi connectivity index (χ4n) is 3.07. The van der Waals surface area contributed by atoms with Gasteiger partial charge in [0.2, 0.25) is 5.88 Å². The largest absolute Gasteiger partial charge is 0.494 e. The molecule has 0 unspecified atom stereocenters. The Labute approximate surface area is 185 Å². The number of nitrogens with zero attached hydrogens (tertiary/aromatic N) is 2. The van der Waals surface area contributed by atoms with Gasteiger partial charge in [0.05, 0.1) is 24.7 Å². The highest BCUT2D eigenvalue weighted by atomic mass is 35.5. The molecule has 0 aliphatic rings. The van der Waals surface area contributed by atoms with Gasteiger partial charge in [0, 0.05) is 5.02 Å². The van der Waals surface area contributed by atoms with Crippen LogP contribution in [0.2, 0.25) is 5.02 Å². The minimum Gasteiger partial charge on any atom is -0.494 e. The van der Waals surface area contributed by atoms with Gasteiger partial charge in [0.15, 0.2) is 0 Å². The van der Waals surface area contributed by atoms with Crippen molar-refractivity contribution in [3.8, 4) is 5.88 Å². The highest BCUT2D eigenvalue weighted by Crippen LogP contribution is 2.30. The Morgan fingerprint density at radius 2 is 1.50 bits per heavy atom. The van der Waals surface area contributed by atoms with Gasteiger partial charge in [-0.05, 0) is 46.5 Å². The predicted octanol–water partition coefficient (Wildman–Crippen LogP) is 4.81. The second-order valence-corrected chi connectivity index (χ2v) is 7.52. The van der Waals surface area contributed by atoms with Crippen molar-refractivity contribution in [1.82, 2.24) is 9.13 Å². The van der Waals surface area contributed by atoms with Crippen LogP contribution in [0.5, 0.6) is 5.88 Å². The summed E-state index contributed by atoms with van der Waals surface area (Å²) in [7, 11) is 0. The molecule has 1 N–H and O–H groups in total. The van der Waals surface area contributed by atoms with E-state index in [1.807, 2.05) is 0 Å². The smallest absolute Gasteiger partial charge is 0.416 e. The maximum absolute atomic E-state index is 12.9. The van der Waals surface area contributed by atoms with Crippen molar-refractivity contribution in [3.05, 3.63) is 110 Å². The van der Waals surface area contributed by atoms with E-state index < -0.39 is 28.9 Å². The van der Waals surface area contributed by atoms with Crippen molar-refractivity contribution < 1.29 is 18.3 Å². The first-order valence-corrected chi connectivity index (χ1v) is 9.68. The molecule has 0 fully saturated rings. The molecule has 3 rings (SSSR count). The number of aromatic nitrogens is 2. The van der Waals surface area contributed by atoms with E-state index in [1.54, 1.807) is 24.3 Å². The predicted molar refractivity (Wildman–Crippen MR) is 118 cm³/mol. The standard InChI is InChI=1S/C23H18ClF3N2O3/c1-14(16-6-8-18(9-7-16)23(25,26)27)12-28-20(30)11-21(31)29(22(28)32)13-15(2)17-4-3-5-19(24)10-17/h3-11,30H,1-2,12-13H2. The van der Waals surface area contributed by atoms with Gasteiger partial charge in [-0.2, -0.15) is 13.2 Å². The van der Waals surface area contributed by atoms with Crippen LogP contribution in [-0.4, -0.2) is 14.2 Å². The lowest BCUT2D eigenvalue weighted by atomic mass is 10.1.